The highest BCUT2D eigenvalue weighted by Crippen LogP contribution is 2.12. The Morgan fingerprint density at radius 3 is 2.56 bits per heavy atom. The lowest BCUT2D eigenvalue weighted by Crippen LogP contribution is -2.13. The molecule has 4 heteroatoms. The van der Waals surface area contributed by atoms with Crippen molar-refractivity contribution in [2.75, 3.05) is 5.32 Å². The van der Waals surface area contributed by atoms with Crippen LogP contribution < -0.4 is 5.32 Å². The van der Waals surface area contributed by atoms with Gasteiger partial charge >= 0.3 is 0 Å². The van der Waals surface area contributed by atoms with Crippen LogP contribution in [0.1, 0.15) is 10.4 Å². The molecule has 0 unspecified atom stereocenters. The highest BCUT2D eigenvalue weighted by molar-refractivity contribution is 14.1. The maximum absolute atomic E-state index is 11.9. The molecule has 0 bridgehead atoms. The van der Waals surface area contributed by atoms with Crippen molar-refractivity contribution in [2.24, 2.45) is 0 Å². The molecule has 0 aliphatic rings. The second-order valence-electron chi connectivity index (χ2n) is 3.16. The number of hydrogen-bond acceptors (Lipinski definition) is 2. The summed E-state index contributed by atoms with van der Waals surface area (Å²) in [6.07, 6.45) is 1.67. The van der Waals surface area contributed by atoms with Crippen LogP contribution in [-0.2, 0) is 0 Å². The van der Waals surface area contributed by atoms with Crippen LogP contribution in [0, 0.1) is 3.70 Å². The van der Waals surface area contributed by atoms with Gasteiger partial charge in [0, 0.05) is 11.9 Å². The van der Waals surface area contributed by atoms with Crippen LogP contribution in [0.5, 0.6) is 0 Å². The number of para-hydroxylation sites is 1. The van der Waals surface area contributed by atoms with Crippen molar-refractivity contribution in [1.82, 2.24) is 4.98 Å². The lowest BCUT2D eigenvalue weighted by Gasteiger charge is -2.05. The van der Waals surface area contributed by atoms with E-state index >= 15 is 0 Å². The minimum Gasteiger partial charge on any atom is -0.322 e. The van der Waals surface area contributed by atoms with E-state index in [1.54, 1.807) is 18.3 Å². The molecule has 2 rings (SSSR count). The number of aromatic nitrogens is 1. The van der Waals surface area contributed by atoms with Crippen molar-refractivity contribution in [2.45, 2.75) is 0 Å². The lowest BCUT2D eigenvalue weighted by atomic mass is 10.2. The molecular weight excluding hydrogens is 315 g/mol. The quantitative estimate of drug-likeness (QED) is 0.682. The van der Waals surface area contributed by atoms with Crippen molar-refractivity contribution >= 4 is 34.2 Å². The maximum atomic E-state index is 11.9. The van der Waals surface area contributed by atoms with Gasteiger partial charge in [-0.3, -0.25) is 4.79 Å². The number of hydrogen-bond donors (Lipinski definition) is 1. The summed E-state index contributed by atoms with van der Waals surface area (Å²) in [6.45, 7) is 0. The molecule has 0 fully saturated rings. The van der Waals surface area contributed by atoms with Crippen molar-refractivity contribution < 1.29 is 4.79 Å². The maximum Gasteiger partial charge on any atom is 0.258 e. The molecule has 1 N–H and O–H groups in total. The monoisotopic (exact) mass is 324 g/mol. The minimum atomic E-state index is -0.135. The van der Waals surface area contributed by atoms with Gasteiger partial charge in [0.05, 0.1) is 5.56 Å². The zero-order valence-electron chi connectivity index (χ0n) is 8.35. The van der Waals surface area contributed by atoms with Gasteiger partial charge in [-0.25, -0.2) is 4.98 Å². The molecular formula is C12H9IN2O. The second kappa shape index (κ2) is 5.07. The number of pyridine rings is 1. The molecule has 80 valence electrons. The highest BCUT2D eigenvalue weighted by atomic mass is 127. The largest absolute Gasteiger partial charge is 0.322 e. The first-order valence-electron chi connectivity index (χ1n) is 4.74. The number of carbonyl (C=O) groups excluding carboxylic acids is 1. The summed E-state index contributed by atoms with van der Waals surface area (Å²) < 4.78 is 0.702. The van der Waals surface area contributed by atoms with E-state index in [9.17, 15) is 4.79 Å². The number of carbonyl (C=O) groups is 1. The fourth-order valence-corrected chi connectivity index (χ4v) is 1.86. The molecule has 0 atom stereocenters. The van der Waals surface area contributed by atoms with Crippen LogP contribution in [0.4, 0.5) is 5.69 Å². The molecule has 2 aromatic rings. The van der Waals surface area contributed by atoms with Crippen LogP contribution in [0.15, 0.2) is 48.7 Å². The van der Waals surface area contributed by atoms with Gasteiger partial charge < -0.3 is 5.32 Å². The zero-order valence-corrected chi connectivity index (χ0v) is 10.5. The third kappa shape index (κ3) is 2.57. The van der Waals surface area contributed by atoms with Gasteiger partial charge in [-0.1, -0.05) is 18.2 Å². The van der Waals surface area contributed by atoms with Gasteiger partial charge in [0.25, 0.3) is 5.91 Å². The molecule has 0 aliphatic carbocycles. The van der Waals surface area contributed by atoms with E-state index in [2.05, 4.69) is 10.3 Å². The second-order valence-corrected chi connectivity index (χ2v) is 4.18. The summed E-state index contributed by atoms with van der Waals surface area (Å²) in [6, 6.07) is 12.9. The standard InChI is InChI=1S/C12H9IN2O/c13-11-10(7-4-8-14-11)12(16)15-9-5-2-1-3-6-9/h1-8H,(H,15,16). The summed E-state index contributed by atoms with van der Waals surface area (Å²) in [5, 5.41) is 2.82. The number of nitrogens with one attached hydrogen (secondary N) is 1. The Morgan fingerprint density at radius 2 is 1.88 bits per heavy atom. The van der Waals surface area contributed by atoms with E-state index in [-0.39, 0.29) is 5.91 Å². The number of rotatable bonds is 2. The predicted octanol–water partition coefficient (Wildman–Crippen LogP) is 2.94. The molecule has 1 aromatic carbocycles. The van der Waals surface area contributed by atoms with E-state index in [0.717, 1.165) is 5.69 Å². The Labute approximate surface area is 107 Å². The number of halogens is 1. The Bertz CT molecular complexity index is 499. The molecule has 0 spiro atoms. The molecule has 3 nitrogen and oxygen atoms in total. The fraction of sp³-hybridized carbons (Fsp3) is 0. The zero-order chi connectivity index (χ0) is 11.4. The Morgan fingerprint density at radius 1 is 1.12 bits per heavy atom. The first-order valence-corrected chi connectivity index (χ1v) is 5.82. The Balaban J connectivity index is 2.19. The van der Waals surface area contributed by atoms with Gasteiger partial charge in [0.2, 0.25) is 0 Å². The van der Waals surface area contributed by atoms with Crippen molar-refractivity contribution in [3.05, 3.63) is 57.9 Å². The van der Waals surface area contributed by atoms with Gasteiger partial charge in [0.1, 0.15) is 3.70 Å². The SMILES string of the molecule is O=C(Nc1ccccc1)c1cccnc1I. The lowest BCUT2D eigenvalue weighted by molar-refractivity contribution is 0.102. The smallest absolute Gasteiger partial charge is 0.258 e. The third-order valence-electron chi connectivity index (χ3n) is 2.04. The summed E-state index contributed by atoms with van der Waals surface area (Å²) in [5.41, 5.74) is 1.37. The summed E-state index contributed by atoms with van der Waals surface area (Å²) in [4.78, 5) is 15.9. The number of nitrogens with zero attached hydrogens (tertiary/aromatic N) is 1. The van der Waals surface area contributed by atoms with Crippen LogP contribution in [0.25, 0.3) is 0 Å². The molecule has 1 heterocycles. The summed E-state index contributed by atoms with van der Waals surface area (Å²) in [5.74, 6) is -0.135. The van der Waals surface area contributed by atoms with Gasteiger partial charge in [-0.15, -0.1) is 0 Å². The average molecular weight is 324 g/mol. The number of amides is 1. The van der Waals surface area contributed by atoms with Crippen LogP contribution in [0.2, 0.25) is 0 Å². The van der Waals surface area contributed by atoms with Gasteiger partial charge in [0.15, 0.2) is 0 Å². The van der Waals surface area contributed by atoms with E-state index in [1.807, 2.05) is 52.9 Å². The van der Waals surface area contributed by atoms with Crippen LogP contribution >= 0.6 is 22.6 Å². The van der Waals surface area contributed by atoms with E-state index in [1.165, 1.54) is 0 Å². The summed E-state index contributed by atoms with van der Waals surface area (Å²) >= 11 is 2.05. The predicted molar refractivity (Wildman–Crippen MR) is 71.3 cm³/mol. The molecule has 0 saturated carbocycles. The van der Waals surface area contributed by atoms with E-state index < -0.39 is 0 Å². The first kappa shape index (κ1) is 11.1. The molecule has 0 aliphatic heterocycles. The fourth-order valence-electron chi connectivity index (χ4n) is 1.28. The van der Waals surface area contributed by atoms with E-state index in [4.69, 9.17) is 0 Å². The normalized spacial score (nSPS) is 9.81. The van der Waals surface area contributed by atoms with Crippen molar-refractivity contribution in [1.29, 1.82) is 0 Å². The van der Waals surface area contributed by atoms with Crippen molar-refractivity contribution in [3.8, 4) is 0 Å². The number of anilines is 1. The number of benzene rings is 1. The minimum absolute atomic E-state index is 0.135. The Hall–Kier alpha value is -1.43. The molecule has 16 heavy (non-hydrogen) atoms. The van der Waals surface area contributed by atoms with Gasteiger partial charge in [-0.05, 0) is 46.9 Å². The van der Waals surface area contributed by atoms with Crippen molar-refractivity contribution in [3.63, 3.8) is 0 Å². The molecule has 1 aromatic heterocycles. The van der Waals surface area contributed by atoms with Gasteiger partial charge in [-0.2, -0.15) is 0 Å². The average Bonchev–Trinajstić information content (AvgIpc) is 2.31. The summed E-state index contributed by atoms with van der Waals surface area (Å²) in [7, 11) is 0. The Kier molecular flexibility index (Phi) is 3.51. The van der Waals surface area contributed by atoms with Crippen LogP contribution in [0.3, 0.4) is 0 Å². The first-order chi connectivity index (χ1) is 7.77. The molecule has 1 amide bonds. The van der Waals surface area contributed by atoms with E-state index in [0.29, 0.717) is 9.26 Å². The molecule has 0 saturated heterocycles. The third-order valence-corrected chi connectivity index (χ3v) is 2.90. The molecule has 0 radical (unpaired) electrons. The highest BCUT2D eigenvalue weighted by Gasteiger charge is 2.09. The topological polar surface area (TPSA) is 42.0 Å². The van der Waals surface area contributed by atoms with Crippen LogP contribution in [-0.4, -0.2) is 10.9 Å².